The van der Waals surface area contributed by atoms with Crippen LogP contribution in [0.2, 0.25) is 0 Å². The van der Waals surface area contributed by atoms with Crippen molar-refractivity contribution in [2.45, 2.75) is 77.7 Å². The van der Waals surface area contributed by atoms with Crippen molar-refractivity contribution in [3.63, 3.8) is 0 Å². The van der Waals surface area contributed by atoms with Gasteiger partial charge >= 0.3 is 0 Å². The van der Waals surface area contributed by atoms with E-state index < -0.39 is 0 Å². The summed E-state index contributed by atoms with van der Waals surface area (Å²) in [5.74, 6) is 3.51. The van der Waals surface area contributed by atoms with Gasteiger partial charge in [-0.3, -0.25) is 4.79 Å². The largest absolute Gasteiger partial charge is 0.393 e. The molecule has 4 fully saturated rings. The third kappa shape index (κ3) is 1.97. The van der Waals surface area contributed by atoms with E-state index in [-0.39, 0.29) is 6.10 Å². The highest BCUT2D eigenvalue weighted by Crippen LogP contribution is 2.65. The Kier molecular flexibility index (Phi) is 3.10. The molecule has 0 aliphatic heterocycles. The van der Waals surface area contributed by atoms with Gasteiger partial charge in [0.1, 0.15) is 5.78 Å². The van der Waals surface area contributed by atoms with Gasteiger partial charge in [-0.25, -0.2) is 0 Å². The Hall–Kier alpha value is -0.370. The fraction of sp³-hybridized carbons (Fsp3) is 0.947. The highest BCUT2D eigenvalue weighted by atomic mass is 16.3. The molecule has 0 saturated heterocycles. The number of Topliss-reactive ketones (excluding diaryl/α,β-unsaturated/α-hetero) is 1. The summed E-state index contributed by atoms with van der Waals surface area (Å²) in [6.45, 7) is 4.90. The van der Waals surface area contributed by atoms with Crippen LogP contribution in [-0.4, -0.2) is 17.0 Å². The van der Waals surface area contributed by atoms with Gasteiger partial charge in [0.15, 0.2) is 0 Å². The summed E-state index contributed by atoms with van der Waals surface area (Å²) >= 11 is 0. The highest BCUT2D eigenvalue weighted by molar-refractivity contribution is 5.82. The van der Waals surface area contributed by atoms with E-state index >= 15 is 0 Å². The third-order valence-corrected chi connectivity index (χ3v) is 8.20. The van der Waals surface area contributed by atoms with Crippen LogP contribution in [0.4, 0.5) is 0 Å². The summed E-state index contributed by atoms with van der Waals surface area (Å²) in [7, 11) is 0. The van der Waals surface area contributed by atoms with Crippen LogP contribution in [0.5, 0.6) is 0 Å². The van der Waals surface area contributed by atoms with E-state index in [1.54, 1.807) is 0 Å². The molecule has 4 aliphatic rings. The zero-order valence-electron chi connectivity index (χ0n) is 13.6. The van der Waals surface area contributed by atoms with Gasteiger partial charge in [-0.2, -0.15) is 0 Å². The van der Waals surface area contributed by atoms with Crippen LogP contribution < -0.4 is 0 Å². The van der Waals surface area contributed by atoms with E-state index in [2.05, 4.69) is 13.8 Å². The van der Waals surface area contributed by atoms with Crippen LogP contribution in [-0.2, 0) is 4.79 Å². The van der Waals surface area contributed by atoms with Crippen LogP contribution in [0, 0.1) is 34.5 Å². The molecule has 0 bridgehead atoms. The van der Waals surface area contributed by atoms with E-state index in [0.717, 1.165) is 43.4 Å². The number of hydrogen-bond acceptors (Lipinski definition) is 2. The smallest absolute Gasteiger partial charge is 0.133 e. The van der Waals surface area contributed by atoms with Gasteiger partial charge in [-0.15, -0.1) is 0 Å². The van der Waals surface area contributed by atoms with E-state index in [1.807, 2.05) is 0 Å². The molecule has 4 unspecified atom stereocenters. The lowest BCUT2D eigenvalue weighted by molar-refractivity contribution is -0.121. The maximum Gasteiger partial charge on any atom is 0.133 e. The minimum atomic E-state index is -0.0541. The average molecular weight is 290 g/mol. The van der Waals surface area contributed by atoms with Crippen LogP contribution in [0.1, 0.15) is 71.6 Å². The fourth-order valence-corrected chi connectivity index (χ4v) is 7.01. The van der Waals surface area contributed by atoms with Crippen molar-refractivity contribution in [2.24, 2.45) is 34.5 Å². The fourth-order valence-electron chi connectivity index (χ4n) is 7.01. The number of hydrogen-bond donors (Lipinski definition) is 1. The van der Waals surface area contributed by atoms with Gasteiger partial charge in [-0.1, -0.05) is 13.8 Å². The second kappa shape index (κ2) is 4.57. The Bertz CT molecular complexity index is 458. The van der Waals surface area contributed by atoms with Crippen molar-refractivity contribution < 1.29 is 9.90 Å². The lowest BCUT2D eigenvalue weighted by atomic mass is 9.45. The predicted molar refractivity (Wildman–Crippen MR) is 82.7 cm³/mol. The minimum Gasteiger partial charge on any atom is -0.393 e. The molecule has 4 aliphatic carbocycles. The van der Waals surface area contributed by atoms with Gasteiger partial charge in [0.05, 0.1) is 6.10 Å². The van der Waals surface area contributed by atoms with Crippen molar-refractivity contribution in [3.8, 4) is 0 Å². The van der Waals surface area contributed by atoms with E-state index in [9.17, 15) is 9.90 Å². The Labute approximate surface area is 128 Å². The Balaban J connectivity index is 1.63. The van der Waals surface area contributed by atoms with Crippen molar-refractivity contribution in [1.29, 1.82) is 0 Å². The molecular weight excluding hydrogens is 260 g/mol. The normalized spacial score (nSPS) is 56.5. The number of ketones is 1. The molecule has 4 rings (SSSR count). The molecule has 2 heteroatoms. The van der Waals surface area contributed by atoms with Crippen LogP contribution in [0.15, 0.2) is 0 Å². The molecule has 118 valence electrons. The maximum absolute atomic E-state index is 12.1. The van der Waals surface area contributed by atoms with E-state index in [0.29, 0.717) is 22.5 Å². The molecule has 0 radical (unpaired) electrons. The number of aliphatic hydroxyl groups excluding tert-OH is 1. The second-order valence-corrected chi connectivity index (χ2v) is 9.20. The molecule has 0 amide bonds. The molecule has 21 heavy (non-hydrogen) atoms. The Morgan fingerprint density at radius 2 is 1.86 bits per heavy atom. The number of aliphatic hydroxyl groups is 1. The topological polar surface area (TPSA) is 37.3 Å². The number of fused-ring (bicyclic) bond motifs is 5. The van der Waals surface area contributed by atoms with Gasteiger partial charge in [0, 0.05) is 12.8 Å². The molecule has 0 spiro atoms. The van der Waals surface area contributed by atoms with Gasteiger partial charge in [-0.05, 0) is 79.4 Å². The minimum absolute atomic E-state index is 0.0541. The van der Waals surface area contributed by atoms with Crippen molar-refractivity contribution in [3.05, 3.63) is 0 Å². The molecular formula is C19H30O2. The van der Waals surface area contributed by atoms with Crippen LogP contribution in [0.3, 0.4) is 0 Å². The van der Waals surface area contributed by atoms with Crippen LogP contribution in [0.25, 0.3) is 0 Å². The second-order valence-electron chi connectivity index (χ2n) is 9.20. The first-order valence-electron chi connectivity index (χ1n) is 9.12. The van der Waals surface area contributed by atoms with E-state index in [1.165, 1.54) is 32.1 Å². The van der Waals surface area contributed by atoms with Crippen molar-refractivity contribution >= 4 is 5.78 Å². The monoisotopic (exact) mass is 290 g/mol. The molecule has 7 atom stereocenters. The zero-order chi connectivity index (χ0) is 14.8. The van der Waals surface area contributed by atoms with Crippen LogP contribution >= 0.6 is 0 Å². The first-order valence-corrected chi connectivity index (χ1v) is 9.12. The van der Waals surface area contributed by atoms with Gasteiger partial charge in [0.25, 0.3) is 0 Å². The molecule has 0 aromatic heterocycles. The summed E-state index contributed by atoms with van der Waals surface area (Å²) in [5, 5.41) is 10.0. The molecule has 0 heterocycles. The quantitative estimate of drug-likeness (QED) is 0.733. The highest BCUT2D eigenvalue weighted by Gasteiger charge is 2.59. The Morgan fingerprint density at radius 1 is 1.05 bits per heavy atom. The molecule has 1 N–H and O–H groups in total. The number of rotatable bonds is 0. The SMILES string of the molecule is C[C@@]12CCC3[C@H](CCC4CC(O)CC[C@]43C)C1CC(=O)C2. The maximum atomic E-state index is 12.1. The first kappa shape index (κ1) is 14.2. The summed E-state index contributed by atoms with van der Waals surface area (Å²) < 4.78 is 0. The lowest BCUT2D eigenvalue weighted by Crippen LogP contribution is -2.53. The lowest BCUT2D eigenvalue weighted by Gasteiger charge is -2.60. The predicted octanol–water partition coefficient (Wildman–Crippen LogP) is 3.96. The summed E-state index contributed by atoms with van der Waals surface area (Å²) in [4.78, 5) is 12.1. The molecule has 0 aromatic rings. The molecule has 0 aromatic carbocycles. The third-order valence-electron chi connectivity index (χ3n) is 8.20. The standard InChI is InChI=1S/C19H30O2/c1-18-7-6-16-15(17(18)10-14(21)11-18)4-3-12-9-13(20)5-8-19(12,16)2/h12-13,15-17,20H,3-11H2,1-2H3/t12?,13?,15-,16?,17?,18-,19+/m0/s1. The van der Waals surface area contributed by atoms with Gasteiger partial charge in [0.2, 0.25) is 0 Å². The van der Waals surface area contributed by atoms with E-state index in [4.69, 9.17) is 0 Å². The Morgan fingerprint density at radius 3 is 2.67 bits per heavy atom. The van der Waals surface area contributed by atoms with Crippen molar-refractivity contribution in [1.82, 2.24) is 0 Å². The first-order chi connectivity index (χ1) is 9.92. The molecule has 2 nitrogen and oxygen atoms in total. The van der Waals surface area contributed by atoms with Crippen molar-refractivity contribution in [2.75, 3.05) is 0 Å². The number of carbonyl (C=O) groups excluding carboxylic acids is 1. The zero-order valence-corrected chi connectivity index (χ0v) is 13.6. The molecule has 4 saturated carbocycles. The summed E-state index contributed by atoms with van der Waals surface area (Å²) in [5.41, 5.74) is 0.755. The number of carbonyl (C=O) groups is 1. The summed E-state index contributed by atoms with van der Waals surface area (Å²) in [6.07, 6.45) is 10.1. The average Bonchev–Trinajstić information content (AvgIpc) is 2.74. The summed E-state index contributed by atoms with van der Waals surface area (Å²) in [6, 6.07) is 0. The van der Waals surface area contributed by atoms with Gasteiger partial charge < -0.3 is 5.11 Å².